The highest BCUT2D eigenvalue weighted by Crippen LogP contribution is 2.29. The number of nitrogens with one attached hydrogen (secondary N) is 1. The van der Waals surface area contributed by atoms with Crippen molar-refractivity contribution in [3.63, 3.8) is 0 Å². The first-order chi connectivity index (χ1) is 22.7. The maximum atomic E-state index is 12.9. The number of ether oxygens (including phenoxy) is 2. The van der Waals surface area contributed by atoms with E-state index in [1.807, 2.05) is 18.2 Å². The van der Waals surface area contributed by atoms with E-state index in [9.17, 15) is 9.59 Å². The molecule has 0 radical (unpaired) electrons. The summed E-state index contributed by atoms with van der Waals surface area (Å²) < 4.78 is 11.7. The monoisotopic (exact) mass is 788 g/mol. The molecule has 11 heteroatoms. The summed E-state index contributed by atoms with van der Waals surface area (Å²) in [4.78, 5) is 28.6. The topological polar surface area (TPSA) is 129 Å². The van der Waals surface area contributed by atoms with Gasteiger partial charge in [-0.1, -0.05) is 73.8 Å². The van der Waals surface area contributed by atoms with Gasteiger partial charge in [-0.2, -0.15) is 0 Å². The molecule has 0 saturated heterocycles. The molecule has 47 heavy (non-hydrogen) atoms. The predicted molar refractivity (Wildman–Crippen MR) is 200 cm³/mol. The molecule has 0 spiro atoms. The van der Waals surface area contributed by atoms with Crippen molar-refractivity contribution < 1.29 is 19.1 Å². The Morgan fingerprint density at radius 3 is 2.49 bits per heavy atom. The SMILES string of the molecule is C#CCCC#C/C=C/C#CC[C@@H](Cl)[C@H](Br)[C@H](OC(=O)/C=C/c1ccc(OC)cc1)/C(Br)=C/CCCC(=O)NCCCCCN=C(N)N. The second kappa shape index (κ2) is 26.4. The van der Waals surface area contributed by atoms with E-state index in [1.54, 1.807) is 37.5 Å². The van der Waals surface area contributed by atoms with Gasteiger partial charge in [0.05, 0.1) is 17.3 Å². The van der Waals surface area contributed by atoms with Crippen LogP contribution in [0.15, 0.2) is 58.0 Å². The molecule has 1 aromatic rings. The van der Waals surface area contributed by atoms with Gasteiger partial charge in [0, 0.05) is 49.3 Å². The third-order valence-electron chi connectivity index (χ3n) is 6.22. The minimum atomic E-state index is -0.738. The Hall–Kier alpha value is -3.62. The lowest BCUT2D eigenvalue weighted by molar-refractivity contribution is -0.140. The van der Waals surface area contributed by atoms with E-state index in [-0.39, 0.29) is 11.9 Å². The number of aliphatic imine (C=N–C) groups is 1. The van der Waals surface area contributed by atoms with Crippen molar-refractivity contribution >= 4 is 67.4 Å². The molecular weight excluding hydrogens is 748 g/mol. The number of allylic oxidation sites excluding steroid dienone is 3. The van der Waals surface area contributed by atoms with Crippen LogP contribution in [0.25, 0.3) is 6.08 Å². The van der Waals surface area contributed by atoms with Crippen LogP contribution in [0.4, 0.5) is 0 Å². The van der Waals surface area contributed by atoms with Gasteiger partial charge in [-0.05, 0) is 68.0 Å². The number of guanidine groups is 1. The number of amides is 1. The van der Waals surface area contributed by atoms with Crippen LogP contribution >= 0.6 is 43.5 Å². The zero-order valence-corrected chi connectivity index (χ0v) is 30.6. The van der Waals surface area contributed by atoms with Crippen molar-refractivity contribution in [2.45, 2.75) is 74.1 Å². The molecule has 1 aromatic carbocycles. The number of carbonyl (C=O) groups excluding carboxylic acids is 2. The number of unbranched alkanes of at least 4 members (excludes halogenated alkanes) is 4. The van der Waals surface area contributed by atoms with Gasteiger partial charge in [0.1, 0.15) is 11.9 Å². The van der Waals surface area contributed by atoms with Gasteiger partial charge in [0.2, 0.25) is 5.91 Å². The first-order valence-electron chi connectivity index (χ1n) is 15.2. The summed E-state index contributed by atoms with van der Waals surface area (Å²) >= 11 is 13.9. The molecule has 0 unspecified atom stereocenters. The molecule has 0 fully saturated rings. The van der Waals surface area contributed by atoms with Gasteiger partial charge >= 0.3 is 5.97 Å². The number of rotatable bonds is 19. The lowest BCUT2D eigenvalue weighted by Gasteiger charge is -2.25. The van der Waals surface area contributed by atoms with Crippen LogP contribution in [0, 0.1) is 36.0 Å². The van der Waals surface area contributed by atoms with Gasteiger partial charge in [-0.25, -0.2) is 4.79 Å². The van der Waals surface area contributed by atoms with Crippen molar-refractivity contribution in [1.82, 2.24) is 5.32 Å². The second-order valence-corrected chi connectivity index (χ2v) is 12.5. The van der Waals surface area contributed by atoms with Gasteiger partial charge in [-0.15, -0.1) is 23.9 Å². The fourth-order valence-corrected chi connectivity index (χ4v) is 5.49. The Bertz CT molecular complexity index is 1390. The zero-order chi connectivity index (χ0) is 34.7. The molecule has 5 N–H and O–H groups in total. The molecule has 0 aliphatic carbocycles. The number of hydrogen-bond acceptors (Lipinski definition) is 5. The smallest absolute Gasteiger partial charge is 0.331 e. The number of methoxy groups -OCH3 is 1. The number of nitrogens with zero attached hydrogens (tertiary/aromatic N) is 1. The summed E-state index contributed by atoms with van der Waals surface area (Å²) in [6.45, 7) is 1.19. The molecule has 0 aliphatic rings. The zero-order valence-electron chi connectivity index (χ0n) is 26.7. The molecule has 252 valence electrons. The molecule has 0 aromatic heterocycles. The summed E-state index contributed by atoms with van der Waals surface area (Å²) in [5.41, 5.74) is 11.4. The summed E-state index contributed by atoms with van der Waals surface area (Å²) in [5, 5.41) is 2.44. The van der Waals surface area contributed by atoms with Crippen molar-refractivity contribution in [2.75, 3.05) is 20.2 Å². The van der Waals surface area contributed by atoms with Crippen LogP contribution in [0.1, 0.15) is 63.4 Å². The standard InChI is InChI=1S/C36H43Br2ClN4O4/c1-3-4-5-6-7-8-9-10-12-18-31(39)34(38)35(47-33(45)25-22-28-20-23-29(46-2)24-21-28)30(37)17-13-14-19-32(44)42-26-15-11-16-27-43-36(40)41/h1,8-9,17,20-25,31,34-35H,4-5,11,13-16,18-19,26-27H2,2H3,(H,42,44)(H4,40,41,43)/b9-8+,25-22+,30-17-/t31-,34+,35-/m1/s1. The maximum absolute atomic E-state index is 12.9. The quantitative estimate of drug-likeness (QED) is 0.0285. The van der Waals surface area contributed by atoms with Crippen LogP contribution in [0.5, 0.6) is 5.75 Å². The van der Waals surface area contributed by atoms with E-state index in [2.05, 4.69) is 71.8 Å². The fourth-order valence-electron chi connectivity index (χ4n) is 3.74. The average Bonchev–Trinajstić information content (AvgIpc) is 3.06. The Morgan fingerprint density at radius 2 is 1.81 bits per heavy atom. The number of terminal acetylenes is 1. The maximum Gasteiger partial charge on any atom is 0.331 e. The Kier molecular flexibility index (Phi) is 23.3. The van der Waals surface area contributed by atoms with Crippen LogP contribution in [0.3, 0.4) is 0 Å². The number of hydrogen-bond donors (Lipinski definition) is 3. The van der Waals surface area contributed by atoms with Crippen LogP contribution < -0.4 is 21.5 Å². The molecule has 8 nitrogen and oxygen atoms in total. The molecule has 1 rings (SSSR count). The van der Waals surface area contributed by atoms with Crippen LogP contribution in [0.2, 0.25) is 0 Å². The van der Waals surface area contributed by atoms with Crippen molar-refractivity contribution in [3.8, 4) is 41.8 Å². The highest BCUT2D eigenvalue weighted by molar-refractivity contribution is 9.12. The highest BCUT2D eigenvalue weighted by atomic mass is 79.9. The van der Waals surface area contributed by atoms with E-state index >= 15 is 0 Å². The van der Waals surface area contributed by atoms with Gasteiger partial charge in [-0.3, -0.25) is 9.79 Å². The third kappa shape index (κ3) is 21.0. The number of esters is 1. The number of nitrogens with two attached hydrogens (primary N) is 2. The number of alkyl halides is 2. The van der Waals surface area contributed by atoms with Crippen molar-refractivity contribution in [2.24, 2.45) is 16.5 Å². The molecular formula is C36H43Br2ClN4O4. The second-order valence-electron chi connectivity index (χ2n) is 10.0. The number of benzene rings is 1. The van der Waals surface area contributed by atoms with Gasteiger partial charge in [0.25, 0.3) is 0 Å². The Labute approximate surface area is 301 Å². The molecule has 0 bridgehead atoms. The fraction of sp³-hybridized carbons (Fsp3) is 0.417. The van der Waals surface area contributed by atoms with E-state index in [4.69, 9.17) is 39.0 Å². The van der Waals surface area contributed by atoms with Crippen LogP contribution in [-0.2, 0) is 14.3 Å². The number of carbonyl (C=O) groups is 2. The summed E-state index contributed by atoms with van der Waals surface area (Å²) in [6.07, 6.45) is 18.5. The van der Waals surface area contributed by atoms with Crippen molar-refractivity contribution in [3.05, 3.63) is 58.6 Å². The molecule has 0 aliphatic heterocycles. The van der Waals surface area contributed by atoms with Crippen LogP contribution in [-0.4, -0.2) is 54.3 Å². The molecule has 1 amide bonds. The largest absolute Gasteiger partial charge is 0.497 e. The van der Waals surface area contributed by atoms with E-state index in [0.29, 0.717) is 61.8 Å². The number of halogens is 3. The minimum absolute atomic E-state index is 0.0178. The highest BCUT2D eigenvalue weighted by Gasteiger charge is 2.30. The minimum Gasteiger partial charge on any atom is -0.497 e. The van der Waals surface area contributed by atoms with E-state index in [0.717, 1.165) is 24.8 Å². The summed E-state index contributed by atoms with van der Waals surface area (Å²) in [7, 11) is 1.59. The normalized spacial score (nSPS) is 12.9. The van der Waals surface area contributed by atoms with E-state index in [1.165, 1.54) is 6.08 Å². The van der Waals surface area contributed by atoms with Gasteiger partial charge < -0.3 is 26.3 Å². The molecule has 0 heterocycles. The lowest BCUT2D eigenvalue weighted by Crippen LogP contribution is -2.33. The lowest BCUT2D eigenvalue weighted by atomic mass is 10.1. The third-order valence-corrected chi connectivity index (χ3v) is 8.85. The van der Waals surface area contributed by atoms with E-state index < -0.39 is 22.3 Å². The average molecular weight is 791 g/mol. The Morgan fingerprint density at radius 1 is 1.09 bits per heavy atom. The molecule has 3 atom stereocenters. The first kappa shape index (κ1) is 41.4. The Balaban J connectivity index is 2.78. The summed E-state index contributed by atoms with van der Waals surface area (Å²) in [6, 6.07) is 7.28. The summed E-state index contributed by atoms with van der Waals surface area (Å²) in [5.74, 6) is 14.5. The first-order valence-corrected chi connectivity index (χ1v) is 17.4. The predicted octanol–water partition coefficient (Wildman–Crippen LogP) is 6.37. The van der Waals surface area contributed by atoms with Gasteiger partial charge in [0.15, 0.2) is 5.96 Å². The molecule has 0 saturated carbocycles. The van der Waals surface area contributed by atoms with Crippen molar-refractivity contribution in [1.29, 1.82) is 0 Å².